The van der Waals surface area contributed by atoms with Gasteiger partial charge in [0.1, 0.15) is 0 Å². The number of nitrogen functional groups attached to an aromatic ring is 1. The molecule has 23 heavy (non-hydrogen) atoms. The molecule has 120 valence electrons. The Morgan fingerprint density at radius 3 is 2.43 bits per heavy atom. The lowest BCUT2D eigenvalue weighted by Crippen LogP contribution is -2.26. The molecular formula is C16H17N3O3S. The standard InChI is InChI=1S/C16H17N3O3S/c1-10-3-5-12(6-4-10)9-23(21,22)19-15-8-13(17)11(2)7-14(15)18-16(19)20/h3-8H,9,17H2,1-2H3,(H,18,20). The van der Waals surface area contributed by atoms with Crippen molar-refractivity contribution < 1.29 is 8.42 Å². The molecule has 3 N–H and O–H groups in total. The van der Waals surface area contributed by atoms with E-state index in [2.05, 4.69) is 4.98 Å². The fourth-order valence-electron chi connectivity index (χ4n) is 2.49. The van der Waals surface area contributed by atoms with Crippen molar-refractivity contribution in [3.63, 3.8) is 0 Å². The lowest BCUT2D eigenvalue weighted by atomic mass is 10.2. The second-order valence-corrected chi connectivity index (χ2v) is 7.48. The summed E-state index contributed by atoms with van der Waals surface area (Å²) in [5.41, 5.74) is 8.77. The van der Waals surface area contributed by atoms with Crippen molar-refractivity contribution in [2.24, 2.45) is 0 Å². The Balaban J connectivity index is 2.14. The van der Waals surface area contributed by atoms with Crippen molar-refractivity contribution in [2.45, 2.75) is 19.6 Å². The van der Waals surface area contributed by atoms with Crippen molar-refractivity contribution in [3.8, 4) is 0 Å². The largest absolute Gasteiger partial charge is 0.398 e. The van der Waals surface area contributed by atoms with Crippen LogP contribution in [-0.2, 0) is 15.8 Å². The number of nitrogens with two attached hydrogens (primary N) is 1. The number of benzene rings is 2. The summed E-state index contributed by atoms with van der Waals surface area (Å²) >= 11 is 0. The zero-order valence-corrected chi connectivity index (χ0v) is 13.6. The van der Waals surface area contributed by atoms with Crippen LogP contribution in [-0.4, -0.2) is 17.4 Å². The van der Waals surface area contributed by atoms with Crippen molar-refractivity contribution in [2.75, 3.05) is 5.73 Å². The molecule has 0 aliphatic carbocycles. The van der Waals surface area contributed by atoms with Gasteiger partial charge in [-0.2, -0.15) is 3.97 Å². The lowest BCUT2D eigenvalue weighted by Gasteiger charge is -2.07. The van der Waals surface area contributed by atoms with Crippen molar-refractivity contribution in [1.29, 1.82) is 0 Å². The number of imidazole rings is 1. The maximum Gasteiger partial charge on any atom is 0.340 e. The molecule has 0 saturated heterocycles. The van der Waals surface area contributed by atoms with Gasteiger partial charge in [0.15, 0.2) is 0 Å². The van der Waals surface area contributed by atoms with Crippen LogP contribution >= 0.6 is 0 Å². The van der Waals surface area contributed by atoms with Crippen LogP contribution in [0, 0.1) is 13.8 Å². The average molecular weight is 331 g/mol. The van der Waals surface area contributed by atoms with Crippen molar-refractivity contribution in [1.82, 2.24) is 8.96 Å². The van der Waals surface area contributed by atoms with E-state index in [1.165, 1.54) is 6.07 Å². The summed E-state index contributed by atoms with van der Waals surface area (Å²) < 4.78 is 26.2. The number of aryl methyl sites for hydroxylation is 2. The molecule has 6 nitrogen and oxygen atoms in total. The van der Waals surface area contributed by atoms with E-state index >= 15 is 0 Å². The fourth-order valence-corrected chi connectivity index (χ4v) is 3.98. The predicted molar refractivity (Wildman–Crippen MR) is 90.9 cm³/mol. The van der Waals surface area contributed by atoms with Gasteiger partial charge in [0.25, 0.3) is 0 Å². The molecule has 0 atom stereocenters. The van der Waals surface area contributed by atoms with Gasteiger partial charge in [0.2, 0.25) is 10.0 Å². The maximum absolute atomic E-state index is 12.7. The van der Waals surface area contributed by atoms with Gasteiger partial charge in [-0.15, -0.1) is 0 Å². The molecule has 1 aromatic heterocycles. The molecule has 1 heterocycles. The molecule has 3 rings (SSSR count). The third-order valence-electron chi connectivity index (χ3n) is 3.78. The smallest absolute Gasteiger partial charge is 0.340 e. The average Bonchev–Trinajstić information content (AvgIpc) is 2.77. The molecular weight excluding hydrogens is 314 g/mol. The van der Waals surface area contributed by atoms with Gasteiger partial charge in [-0.3, -0.25) is 0 Å². The molecule has 0 fully saturated rings. The lowest BCUT2D eigenvalue weighted by molar-refractivity contribution is 0.586. The minimum absolute atomic E-state index is 0.256. The second kappa shape index (κ2) is 5.27. The van der Waals surface area contributed by atoms with Crippen LogP contribution in [0.25, 0.3) is 11.0 Å². The van der Waals surface area contributed by atoms with Crippen LogP contribution in [0.3, 0.4) is 0 Å². The molecule has 0 aliphatic heterocycles. The number of fused-ring (bicyclic) bond motifs is 1. The summed E-state index contributed by atoms with van der Waals surface area (Å²) in [4.78, 5) is 14.7. The first-order chi connectivity index (χ1) is 10.8. The Labute approximate surface area is 133 Å². The number of rotatable bonds is 3. The molecule has 0 aliphatic rings. The Hall–Kier alpha value is -2.54. The van der Waals surface area contributed by atoms with Crippen LogP contribution in [0.1, 0.15) is 16.7 Å². The molecule has 0 radical (unpaired) electrons. The molecule has 0 saturated carbocycles. The van der Waals surface area contributed by atoms with Crippen molar-refractivity contribution >= 4 is 26.7 Å². The molecule has 0 amide bonds. The first-order valence-electron chi connectivity index (χ1n) is 7.07. The number of nitrogens with zero attached hydrogens (tertiary/aromatic N) is 1. The molecule has 0 bridgehead atoms. The SMILES string of the molecule is Cc1ccc(CS(=O)(=O)n2c(=O)[nH]c3cc(C)c(N)cc32)cc1. The van der Waals surface area contributed by atoms with E-state index < -0.39 is 15.7 Å². The van der Waals surface area contributed by atoms with E-state index in [9.17, 15) is 13.2 Å². The first-order valence-corrected chi connectivity index (χ1v) is 8.68. The Kier molecular flexibility index (Phi) is 3.52. The highest BCUT2D eigenvalue weighted by Crippen LogP contribution is 2.21. The monoisotopic (exact) mass is 331 g/mol. The highest BCUT2D eigenvalue weighted by Gasteiger charge is 2.21. The zero-order chi connectivity index (χ0) is 16.8. The van der Waals surface area contributed by atoms with Crippen LogP contribution in [0.2, 0.25) is 0 Å². The third-order valence-corrected chi connectivity index (χ3v) is 5.39. The first kappa shape index (κ1) is 15.4. The van der Waals surface area contributed by atoms with Crippen LogP contribution in [0.5, 0.6) is 0 Å². The van der Waals surface area contributed by atoms with Gasteiger partial charge in [-0.25, -0.2) is 13.2 Å². The summed E-state index contributed by atoms with van der Waals surface area (Å²) in [6, 6.07) is 10.3. The van der Waals surface area contributed by atoms with E-state index in [1.807, 2.05) is 19.1 Å². The number of aromatic amines is 1. The highest BCUT2D eigenvalue weighted by atomic mass is 32.2. The molecule has 3 aromatic rings. The Morgan fingerprint density at radius 1 is 1.13 bits per heavy atom. The van der Waals surface area contributed by atoms with Gasteiger partial charge in [-0.05, 0) is 37.1 Å². The van der Waals surface area contributed by atoms with Gasteiger partial charge < -0.3 is 10.7 Å². The van der Waals surface area contributed by atoms with E-state index in [0.29, 0.717) is 16.8 Å². The maximum atomic E-state index is 12.7. The minimum atomic E-state index is -3.85. The van der Waals surface area contributed by atoms with Crippen LogP contribution in [0.15, 0.2) is 41.2 Å². The molecule has 0 spiro atoms. The van der Waals surface area contributed by atoms with E-state index in [-0.39, 0.29) is 11.3 Å². The molecule has 7 heteroatoms. The topological polar surface area (TPSA) is 98.0 Å². The van der Waals surface area contributed by atoms with Crippen molar-refractivity contribution in [3.05, 3.63) is 63.6 Å². The predicted octanol–water partition coefficient (Wildman–Crippen LogP) is 1.91. The second-order valence-electron chi connectivity index (χ2n) is 5.66. The number of nitrogens with one attached hydrogen (secondary N) is 1. The van der Waals surface area contributed by atoms with Crippen LogP contribution < -0.4 is 11.4 Å². The Morgan fingerprint density at radius 2 is 1.78 bits per heavy atom. The summed E-state index contributed by atoms with van der Waals surface area (Å²) in [7, 11) is -3.85. The van der Waals surface area contributed by atoms with Gasteiger partial charge >= 0.3 is 5.69 Å². The number of hydrogen-bond acceptors (Lipinski definition) is 4. The summed E-state index contributed by atoms with van der Waals surface area (Å²) in [5.74, 6) is -0.256. The normalized spacial score (nSPS) is 11.9. The quantitative estimate of drug-likeness (QED) is 0.716. The van der Waals surface area contributed by atoms with Crippen LogP contribution in [0.4, 0.5) is 5.69 Å². The van der Waals surface area contributed by atoms with E-state index in [4.69, 9.17) is 5.73 Å². The van der Waals surface area contributed by atoms with E-state index in [1.54, 1.807) is 25.1 Å². The summed E-state index contributed by atoms with van der Waals surface area (Å²) in [6.45, 7) is 3.72. The van der Waals surface area contributed by atoms with E-state index in [0.717, 1.165) is 15.1 Å². The highest BCUT2D eigenvalue weighted by molar-refractivity contribution is 7.89. The molecule has 0 unspecified atom stereocenters. The zero-order valence-electron chi connectivity index (χ0n) is 12.8. The molecule has 2 aromatic carbocycles. The number of aromatic nitrogens is 2. The number of anilines is 1. The fraction of sp³-hybridized carbons (Fsp3) is 0.188. The van der Waals surface area contributed by atoms with Gasteiger partial charge in [0, 0.05) is 5.69 Å². The third kappa shape index (κ3) is 2.75. The number of hydrogen-bond donors (Lipinski definition) is 2. The minimum Gasteiger partial charge on any atom is -0.398 e. The number of H-pyrrole nitrogens is 1. The summed E-state index contributed by atoms with van der Waals surface area (Å²) in [5, 5.41) is 0. The van der Waals surface area contributed by atoms with Gasteiger partial charge in [-0.1, -0.05) is 29.8 Å². The Bertz CT molecular complexity index is 1040. The summed E-state index contributed by atoms with van der Waals surface area (Å²) in [6.07, 6.45) is 0. The van der Waals surface area contributed by atoms with Gasteiger partial charge in [0.05, 0.1) is 16.8 Å².